The summed E-state index contributed by atoms with van der Waals surface area (Å²) in [6, 6.07) is 19.4. The van der Waals surface area contributed by atoms with E-state index < -0.39 is 12.0 Å². The van der Waals surface area contributed by atoms with E-state index in [9.17, 15) is 18.4 Å². The molecule has 0 radical (unpaired) electrons. The van der Waals surface area contributed by atoms with Crippen LogP contribution in [0.25, 0.3) is 44.7 Å². The Morgan fingerprint density at radius 3 is 2.32 bits per heavy atom. The molecule has 0 spiro atoms. The molecular formula is C41H39F3N8O. The van der Waals surface area contributed by atoms with Crippen molar-refractivity contribution in [1.29, 1.82) is 5.26 Å². The van der Waals surface area contributed by atoms with E-state index in [1.807, 2.05) is 62.4 Å². The van der Waals surface area contributed by atoms with Crippen molar-refractivity contribution in [3.05, 3.63) is 94.4 Å². The molecule has 270 valence electrons. The Morgan fingerprint density at radius 1 is 0.868 bits per heavy atom. The summed E-state index contributed by atoms with van der Waals surface area (Å²) in [5, 5.41) is 13.2. The highest BCUT2D eigenvalue weighted by Crippen LogP contribution is 2.38. The zero-order chi connectivity index (χ0) is 36.9. The van der Waals surface area contributed by atoms with Crippen LogP contribution >= 0.6 is 0 Å². The Bertz CT molecular complexity index is 2390. The van der Waals surface area contributed by atoms with Crippen molar-refractivity contribution in [3.8, 4) is 28.7 Å². The summed E-state index contributed by atoms with van der Waals surface area (Å²) < 4.78 is 48.5. The minimum Gasteiger partial charge on any atom is -0.435 e. The van der Waals surface area contributed by atoms with Crippen LogP contribution in [0.5, 0.6) is 0 Å². The maximum atomic E-state index is 14.1. The molecule has 2 aliphatic rings. The molecule has 2 saturated heterocycles. The topological polar surface area (TPSA) is 107 Å². The van der Waals surface area contributed by atoms with Gasteiger partial charge in [-0.15, -0.1) is 0 Å². The fraction of sp³-hybridized carbons (Fsp3) is 0.341. The van der Waals surface area contributed by atoms with Crippen LogP contribution in [0.1, 0.15) is 59.8 Å². The molecule has 8 rings (SSSR count). The average Bonchev–Trinajstić information content (AvgIpc) is 3.90. The first kappa shape index (κ1) is 34.7. The monoisotopic (exact) mass is 716 g/mol. The Labute approximate surface area is 305 Å². The number of nitrogens with one attached hydrogen (secondary N) is 1. The number of benzene rings is 3. The highest BCUT2D eigenvalue weighted by molar-refractivity contribution is 5.90. The van der Waals surface area contributed by atoms with E-state index >= 15 is 0 Å². The van der Waals surface area contributed by atoms with E-state index in [1.54, 1.807) is 12.3 Å². The standard InChI is InChI=1S/C41H39F3N8O/c1-24-12-15-52(21-24)22-27-16-29(19-45)37-35(17-27)48-39(53-37)32-10-6-8-30(25(32)2)31-9-7-11-33(26(31)3)47-38-36-34(49-40(50-38)41(42,43)44)18-28(20-46-36)23-51-13-4-5-14-51/h6-11,16-18,20,24H,4-5,12-15,21-23H2,1-3H3,(H,47,49,50). The zero-order valence-electron chi connectivity index (χ0n) is 29.9. The van der Waals surface area contributed by atoms with Crippen molar-refractivity contribution in [3.63, 3.8) is 0 Å². The first-order chi connectivity index (χ1) is 25.5. The van der Waals surface area contributed by atoms with Gasteiger partial charge in [0.05, 0.1) is 11.1 Å². The third kappa shape index (κ3) is 6.94. The van der Waals surface area contributed by atoms with E-state index in [0.717, 1.165) is 84.5 Å². The number of nitrogens with zero attached hydrogens (tertiary/aromatic N) is 7. The largest absolute Gasteiger partial charge is 0.451 e. The van der Waals surface area contributed by atoms with Gasteiger partial charge in [0, 0.05) is 37.1 Å². The quantitative estimate of drug-likeness (QED) is 0.165. The first-order valence-corrected chi connectivity index (χ1v) is 18.0. The number of hydrogen-bond acceptors (Lipinski definition) is 9. The molecule has 0 aliphatic carbocycles. The number of alkyl halides is 3. The second kappa shape index (κ2) is 13.9. The van der Waals surface area contributed by atoms with Crippen LogP contribution in [0.2, 0.25) is 0 Å². The Balaban J connectivity index is 1.13. The second-order valence-electron chi connectivity index (χ2n) is 14.4. The Hall–Kier alpha value is -5.38. The highest BCUT2D eigenvalue weighted by Gasteiger charge is 2.36. The average molecular weight is 717 g/mol. The van der Waals surface area contributed by atoms with E-state index in [2.05, 4.69) is 43.1 Å². The molecule has 5 heterocycles. The van der Waals surface area contributed by atoms with Crippen LogP contribution in [0.4, 0.5) is 24.7 Å². The predicted molar refractivity (Wildman–Crippen MR) is 198 cm³/mol. The maximum absolute atomic E-state index is 14.1. The molecule has 0 saturated carbocycles. The molecule has 12 heteroatoms. The van der Waals surface area contributed by atoms with Crippen molar-refractivity contribution in [2.45, 2.75) is 59.3 Å². The molecule has 6 aromatic rings. The minimum atomic E-state index is -4.74. The van der Waals surface area contributed by atoms with Crippen LogP contribution in [-0.2, 0) is 19.3 Å². The molecule has 53 heavy (non-hydrogen) atoms. The number of oxazole rings is 1. The number of likely N-dealkylation sites (tertiary alicyclic amines) is 2. The first-order valence-electron chi connectivity index (χ1n) is 18.0. The van der Waals surface area contributed by atoms with E-state index in [-0.39, 0.29) is 16.9 Å². The number of nitriles is 1. The Kier molecular flexibility index (Phi) is 9.08. The molecule has 0 amide bonds. The number of rotatable bonds is 8. The van der Waals surface area contributed by atoms with Gasteiger partial charge < -0.3 is 9.73 Å². The number of hydrogen-bond donors (Lipinski definition) is 1. The van der Waals surface area contributed by atoms with Gasteiger partial charge in [0.25, 0.3) is 0 Å². The van der Waals surface area contributed by atoms with Gasteiger partial charge in [0.1, 0.15) is 17.1 Å². The molecule has 2 aliphatic heterocycles. The lowest BCUT2D eigenvalue weighted by Gasteiger charge is -2.18. The number of aromatic nitrogens is 4. The van der Waals surface area contributed by atoms with Crippen molar-refractivity contribution in [2.24, 2.45) is 5.92 Å². The fourth-order valence-electron chi connectivity index (χ4n) is 7.72. The SMILES string of the molecule is Cc1c(Nc2nc(C(F)(F)F)nc3cc(CN4CCCC4)cnc23)cccc1-c1cccc(-c2nc3cc(CN4CCC(C)C4)cc(C#N)c3o2)c1C. The molecule has 1 atom stereocenters. The fourth-order valence-corrected chi connectivity index (χ4v) is 7.72. The number of halogens is 3. The zero-order valence-corrected chi connectivity index (χ0v) is 29.9. The normalized spacial score (nSPS) is 16.9. The lowest BCUT2D eigenvalue weighted by atomic mass is 9.93. The third-order valence-electron chi connectivity index (χ3n) is 10.5. The lowest BCUT2D eigenvalue weighted by molar-refractivity contribution is -0.144. The number of fused-ring (bicyclic) bond motifs is 2. The summed E-state index contributed by atoms with van der Waals surface area (Å²) in [6.07, 6.45) is 0.342. The second-order valence-corrected chi connectivity index (χ2v) is 14.4. The van der Waals surface area contributed by atoms with Gasteiger partial charge in [-0.2, -0.15) is 18.4 Å². The minimum absolute atomic E-state index is 0.0147. The van der Waals surface area contributed by atoms with Crippen LogP contribution < -0.4 is 5.32 Å². The summed E-state index contributed by atoms with van der Waals surface area (Å²) >= 11 is 0. The van der Waals surface area contributed by atoms with Crippen LogP contribution in [0.15, 0.2) is 65.2 Å². The molecule has 1 N–H and O–H groups in total. The molecular weight excluding hydrogens is 678 g/mol. The van der Waals surface area contributed by atoms with Gasteiger partial charge in [-0.1, -0.05) is 31.2 Å². The van der Waals surface area contributed by atoms with Crippen LogP contribution in [0, 0.1) is 31.1 Å². The van der Waals surface area contributed by atoms with Gasteiger partial charge in [0.15, 0.2) is 11.4 Å². The number of pyridine rings is 1. The maximum Gasteiger partial charge on any atom is 0.451 e. The highest BCUT2D eigenvalue weighted by atomic mass is 19.4. The van der Waals surface area contributed by atoms with Gasteiger partial charge in [-0.3, -0.25) is 14.8 Å². The van der Waals surface area contributed by atoms with E-state index in [0.29, 0.717) is 40.7 Å². The Morgan fingerprint density at radius 2 is 1.58 bits per heavy atom. The van der Waals surface area contributed by atoms with Gasteiger partial charge in [-0.25, -0.2) is 15.0 Å². The summed E-state index contributed by atoms with van der Waals surface area (Å²) in [5.41, 5.74) is 8.66. The van der Waals surface area contributed by atoms with Crippen molar-refractivity contribution in [2.75, 3.05) is 31.5 Å². The van der Waals surface area contributed by atoms with E-state index in [1.165, 1.54) is 6.42 Å². The summed E-state index contributed by atoms with van der Waals surface area (Å²) in [5.74, 6) is -0.163. The third-order valence-corrected chi connectivity index (χ3v) is 10.5. The van der Waals surface area contributed by atoms with Gasteiger partial charge in [0.2, 0.25) is 11.7 Å². The van der Waals surface area contributed by atoms with Gasteiger partial charge >= 0.3 is 6.18 Å². The van der Waals surface area contributed by atoms with Crippen LogP contribution in [-0.4, -0.2) is 55.9 Å². The van der Waals surface area contributed by atoms with Gasteiger partial charge in [-0.05, 0) is 122 Å². The molecule has 0 bridgehead atoms. The molecule has 2 fully saturated rings. The van der Waals surface area contributed by atoms with Crippen molar-refractivity contribution in [1.82, 2.24) is 29.7 Å². The summed E-state index contributed by atoms with van der Waals surface area (Å²) in [7, 11) is 0. The summed E-state index contributed by atoms with van der Waals surface area (Å²) in [4.78, 5) is 21.9. The number of anilines is 2. The molecule has 3 aromatic heterocycles. The molecule has 9 nitrogen and oxygen atoms in total. The van der Waals surface area contributed by atoms with Crippen molar-refractivity contribution >= 4 is 33.6 Å². The van der Waals surface area contributed by atoms with Crippen LogP contribution in [0.3, 0.4) is 0 Å². The van der Waals surface area contributed by atoms with E-state index in [4.69, 9.17) is 9.40 Å². The van der Waals surface area contributed by atoms with Crippen molar-refractivity contribution < 1.29 is 17.6 Å². The predicted octanol–water partition coefficient (Wildman–Crippen LogP) is 9.19. The molecule has 3 aromatic carbocycles. The lowest BCUT2D eigenvalue weighted by Crippen LogP contribution is -2.19. The smallest absolute Gasteiger partial charge is 0.435 e. The molecule has 1 unspecified atom stereocenters. The summed E-state index contributed by atoms with van der Waals surface area (Å²) in [6.45, 7) is 11.5.